The van der Waals surface area contributed by atoms with Crippen molar-refractivity contribution in [1.29, 1.82) is 0 Å². The highest BCUT2D eigenvalue weighted by molar-refractivity contribution is 5.90. The maximum absolute atomic E-state index is 10.7. The zero-order valence-corrected chi connectivity index (χ0v) is 9.29. The van der Waals surface area contributed by atoms with Crippen LogP contribution in [0.4, 0.5) is 0 Å². The lowest BCUT2D eigenvalue weighted by Gasteiger charge is -2.40. The fourth-order valence-corrected chi connectivity index (χ4v) is 1.45. The molecule has 1 N–H and O–H groups in total. The molecule has 0 aromatic rings. The van der Waals surface area contributed by atoms with Crippen molar-refractivity contribution in [3.63, 3.8) is 0 Å². The van der Waals surface area contributed by atoms with Crippen molar-refractivity contribution >= 4 is 5.97 Å². The van der Waals surface area contributed by atoms with Gasteiger partial charge in [0.1, 0.15) is 0 Å². The molecule has 0 aliphatic heterocycles. The van der Waals surface area contributed by atoms with E-state index in [4.69, 9.17) is 5.11 Å². The van der Waals surface area contributed by atoms with E-state index in [1.165, 1.54) is 0 Å². The molecule has 1 atom stereocenters. The summed E-state index contributed by atoms with van der Waals surface area (Å²) in [4.78, 5) is 10.7. The first kappa shape index (κ1) is 11.0. The van der Waals surface area contributed by atoms with Crippen LogP contribution in [-0.2, 0) is 4.79 Å². The van der Waals surface area contributed by atoms with Gasteiger partial charge >= 0.3 is 5.97 Å². The molecule has 2 heteroatoms. The van der Waals surface area contributed by atoms with Crippen LogP contribution in [0, 0.1) is 10.8 Å². The third-order valence-electron chi connectivity index (χ3n) is 3.34. The van der Waals surface area contributed by atoms with Crippen LogP contribution in [0.2, 0.25) is 0 Å². The molecular formula is C12H18O2. The molecule has 1 rings (SSSR count). The number of aliphatic carboxylic acids is 1. The van der Waals surface area contributed by atoms with Crippen molar-refractivity contribution in [2.45, 2.75) is 34.1 Å². The van der Waals surface area contributed by atoms with Gasteiger partial charge in [0.05, 0.1) is 5.57 Å². The van der Waals surface area contributed by atoms with Crippen molar-refractivity contribution in [3.05, 3.63) is 23.8 Å². The molecule has 0 fully saturated rings. The Morgan fingerprint density at radius 2 is 2.07 bits per heavy atom. The van der Waals surface area contributed by atoms with Crippen molar-refractivity contribution in [2.75, 3.05) is 0 Å². The molecule has 1 unspecified atom stereocenters. The Kier molecular flexibility index (Phi) is 2.57. The lowest BCUT2D eigenvalue weighted by Crippen LogP contribution is -2.31. The van der Waals surface area contributed by atoms with E-state index in [9.17, 15) is 4.79 Å². The van der Waals surface area contributed by atoms with E-state index in [1.54, 1.807) is 6.08 Å². The van der Waals surface area contributed by atoms with Gasteiger partial charge in [-0.3, -0.25) is 0 Å². The standard InChI is InChI=1S/C12H18O2/c1-11(2,3)12(4)7-5-9(6-8-12)10(13)14/h5-7H,8H2,1-4H3,(H,13,14). The summed E-state index contributed by atoms with van der Waals surface area (Å²) in [6, 6.07) is 0. The highest BCUT2D eigenvalue weighted by Gasteiger charge is 2.35. The van der Waals surface area contributed by atoms with E-state index >= 15 is 0 Å². The number of carboxylic acids is 1. The largest absolute Gasteiger partial charge is 0.478 e. The van der Waals surface area contributed by atoms with Crippen LogP contribution in [0.5, 0.6) is 0 Å². The van der Waals surface area contributed by atoms with Gasteiger partial charge in [0.15, 0.2) is 0 Å². The zero-order valence-electron chi connectivity index (χ0n) is 9.29. The summed E-state index contributed by atoms with van der Waals surface area (Å²) in [7, 11) is 0. The second-order valence-corrected chi connectivity index (χ2v) is 5.17. The lowest BCUT2D eigenvalue weighted by molar-refractivity contribution is -0.132. The molecule has 1 aliphatic rings. The third-order valence-corrected chi connectivity index (χ3v) is 3.34. The van der Waals surface area contributed by atoms with E-state index in [2.05, 4.69) is 27.7 Å². The zero-order chi connectivity index (χ0) is 11.0. The smallest absolute Gasteiger partial charge is 0.335 e. The first-order valence-corrected chi connectivity index (χ1v) is 4.89. The van der Waals surface area contributed by atoms with E-state index in [0.29, 0.717) is 5.57 Å². The molecule has 0 aromatic heterocycles. The number of carbonyl (C=O) groups is 1. The summed E-state index contributed by atoms with van der Waals surface area (Å²) in [6.07, 6.45) is 6.36. The Hall–Kier alpha value is -1.05. The average molecular weight is 194 g/mol. The summed E-state index contributed by atoms with van der Waals surface area (Å²) in [5, 5.41) is 8.79. The Balaban J connectivity index is 2.88. The van der Waals surface area contributed by atoms with Gasteiger partial charge in [0.2, 0.25) is 0 Å². The summed E-state index contributed by atoms with van der Waals surface area (Å²) in [6.45, 7) is 8.70. The number of hydrogen-bond acceptors (Lipinski definition) is 1. The van der Waals surface area contributed by atoms with Gasteiger partial charge in [-0.05, 0) is 17.3 Å². The molecule has 78 valence electrons. The first-order valence-electron chi connectivity index (χ1n) is 4.89. The SMILES string of the molecule is CC(C)(C)C1(C)C=CC(C(=O)O)=CC1. The maximum atomic E-state index is 10.7. The molecule has 0 heterocycles. The molecule has 2 nitrogen and oxygen atoms in total. The Labute approximate surface area is 85.3 Å². The van der Waals surface area contributed by atoms with Crippen molar-refractivity contribution < 1.29 is 9.90 Å². The topological polar surface area (TPSA) is 37.3 Å². The Bertz CT molecular complexity index is 305. The minimum absolute atomic E-state index is 0.0615. The van der Waals surface area contributed by atoms with Crippen LogP contribution in [0.15, 0.2) is 23.8 Å². The molecule has 1 aliphatic carbocycles. The summed E-state index contributed by atoms with van der Waals surface area (Å²) in [5.74, 6) is -0.836. The predicted molar refractivity (Wildman–Crippen MR) is 57.0 cm³/mol. The fourth-order valence-electron chi connectivity index (χ4n) is 1.45. The number of hydrogen-bond donors (Lipinski definition) is 1. The van der Waals surface area contributed by atoms with Gasteiger partial charge in [-0.25, -0.2) is 4.79 Å². The lowest BCUT2D eigenvalue weighted by atomic mass is 9.64. The molecule has 0 saturated heterocycles. The van der Waals surface area contributed by atoms with Crippen LogP contribution in [-0.4, -0.2) is 11.1 Å². The van der Waals surface area contributed by atoms with Crippen LogP contribution in [0.1, 0.15) is 34.1 Å². The van der Waals surface area contributed by atoms with Gasteiger partial charge in [-0.1, -0.05) is 45.9 Å². The van der Waals surface area contributed by atoms with Gasteiger partial charge in [0, 0.05) is 0 Å². The van der Waals surface area contributed by atoms with E-state index in [-0.39, 0.29) is 10.8 Å². The average Bonchev–Trinajstić information content (AvgIpc) is 2.03. The number of rotatable bonds is 1. The van der Waals surface area contributed by atoms with Crippen LogP contribution >= 0.6 is 0 Å². The van der Waals surface area contributed by atoms with Gasteiger partial charge in [-0.15, -0.1) is 0 Å². The molecule has 0 bridgehead atoms. The normalized spacial score (nSPS) is 27.3. The molecule has 14 heavy (non-hydrogen) atoms. The molecular weight excluding hydrogens is 176 g/mol. The van der Waals surface area contributed by atoms with Gasteiger partial charge in [0.25, 0.3) is 0 Å². The van der Waals surface area contributed by atoms with Crippen LogP contribution < -0.4 is 0 Å². The highest BCUT2D eigenvalue weighted by atomic mass is 16.4. The maximum Gasteiger partial charge on any atom is 0.335 e. The third kappa shape index (κ3) is 1.89. The van der Waals surface area contributed by atoms with E-state index in [1.807, 2.05) is 12.2 Å². The minimum atomic E-state index is -0.836. The van der Waals surface area contributed by atoms with E-state index < -0.39 is 5.97 Å². The predicted octanol–water partition coefficient (Wildman–Crippen LogP) is 3.01. The van der Waals surface area contributed by atoms with Crippen molar-refractivity contribution in [1.82, 2.24) is 0 Å². The van der Waals surface area contributed by atoms with Crippen LogP contribution in [0.25, 0.3) is 0 Å². The first-order chi connectivity index (χ1) is 6.26. The summed E-state index contributed by atoms with van der Waals surface area (Å²) >= 11 is 0. The van der Waals surface area contributed by atoms with Crippen LogP contribution in [0.3, 0.4) is 0 Å². The number of carboxylic acid groups (broad SMARTS) is 1. The monoisotopic (exact) mass is 194 g/mol. The molecule has 0 saturated carbocycles. The fraction of sp³-hybridized carbons (Fsp3) is 0.583. The summed E-state index contributed by atoms with van der Waals surface area (Å²) in [5.41, 5.74) is 0.627. The van der Waals surface area contributed by atoms with Crippen molar-refractivity contribution in [3.8, 4) is 0 Å². The highest BCUT2D eigenvalue weighted by Crippen LogP contribution is 2.44. The van der Waals surface area contributed by atoms with Gasteiger partial charge < -0.3 is 5.11 Å². The Morgan fingerprint density at radius 3 is 2.36 bits per heavy atom. The van der Waals surface area contributed by atoms with Crippen molar-refractivity contribution in [2.24, 2.45) is 10.8 Å². The quantitative estimate of drug-likeness (QED) is 0.696. The molecule has 0 amide bonds. The second kappa shape index (κ2) is 3.26. The second-order valence-electron chi connectivity index (χ2n) is 5.17. The minimum Gasteiger partial charge on any atom is -0.478 e. The molecule has 0 aromatic carbocycles. The number of allylic oxidation sites excluding steroid dienone is 2. The Morgan fingerprint density at radius 1 is 1.50 bits per heavy atom. The molecule has 0 spiro atoms. The van der Waals surface area contributed by atoms with E-state index in [0.717, 1.165) is 6.42 Å². The molecule has 0 radical (unpaired) electrons. The van der Waals surface area contributed by atoms with Gasteiger partial charge in [-0.2, -0.15) is 0 Å². The summed E-state index contributed by atoms with van der Waals surface area (Å²) < 4.78 is 0.